The van der Waals surface area contributed by atoms with Gasteiger partial charge in [-0.05, 0) is 49.9 Å². The number of likely N-dealkylation sites (tertiary alicyclic amines) is 1. The van der Waals surface area contributed by atoms with Gasteiger partial charge in [0.05, 0.1) is 33.0 Å². The molecule has 2 aromatic heterocycles. The van der Waals surface area contributed by atoms with Crippen molar-refractivity contribution in [3.8, 4) is 23.2 Å². The van der Waals surface area contributed by atoms with Crippen LogP contribution in [0.25, 0.3) is 32.1 Å². The largest absolute Gasteiger partial charge is 0.461 e. The summed E-state index contributed by atoms with van der Waals surface area (Å²) in [5.41, 5.74) is 4.16. The van der Waals surface area contributed by atoms with Crippen LogP contribution in [0.2, 0.25) is 5.02 Å². The van der Waals surface area contributed by atoms with E-state index < -0.39 is 53.9 Å². The Kier molecular flexibility index (Phi) is 8.94. The number of hydrogen-bond acceptors (Lipinski definition) is 11. The number of carbonyl (C=O) groups excluding carboxylic acids is 1. The van der Waals surface area contributed by atoms with Crippen LogP contribution in [0.1, 0.15) is 37.7 Å². The van der Waals surface area contributed by atoms with Crippen LogP contribution in [0, 0.1) is 23.0 Å². The molecule has 0 radical (unpaired) electrons. The zero-order valence-electron chi connectivity index (χ0n) is 28.4. The van der Waals surface area contributed by atoms with Gasteiger partial charge in [0, 0.05) is 48.9 Å². The van der Waals surface area contributed by atoms with E-state index in [0.717, 1.165) is 23.8 Å². The molecule has 4 atom stereocenters. The van der Waals surface area contributed by atoms with Gasteiger partial charge in [-0.15, -0.1) is 11.3 Å². The molecule has 2 aromatic carbocycles. The molecular weight excluding hydrogens is 764 g/mol. The van der Waals surface area contributed by atoms with Gasteiger partial charge >= 0.3 is 18.3 Å². The molecule has 4 aliphatic rings. The summed E-state index contributed by atoms with van der Waals surface area (Å²) >= 11 is 7.65. The number of hydrogen-bond donors (Lipinski definition) is 2. The SMILES string of the molecule is N#Cc1c(N)sc2c(F)ccc(-c3c(Cl)cc4c(N5CCC6(CCN6C(=O)OC(CO)C(F)(F)F)C5)nc(OC[C@@]56CCCN5C[C@H](F)C6)nc4c3F)c12. The van der Waals surface area contributed by atoms with Crippen LogP contribution >= 0.6 is 22.9 Å². The molecule has 0 saturated carbocycles. The van der Waals surface area contributed by atoms with E-state index in [1.165, 1.54) is 17.0 Å². The normalized spacial score (nSPS) is 24.7. The van der Waals surface area contributed by atoms with Crippen LogP contribution in [-0.4, -0.2) is 106 Å². The Morgan fingerprint density at radius 1 is 1.20 bits per heavy atom. The lowest BCUT2D eigenvalue weighted by Gasteiger charge is -2.49. The summed E-state index contributed by atoms with van der Waals surface area (Å²) < 4.78 is 97.4. The van der Waals surface area contributed by atoms with Gasteiger partial charge in [-0.1, -0.05) is 17.7 Å². The molecule has 54 heavy (non-hydrogen) atoms. The molecule has 11 nitrogen and oxygen atoms in total. The standard InChI is InChI=1S/C35H32ClF6N7O4S/c36-21-10-19-27(26(39)25(21)18-2-3-22(38)28-24(18)20(12-43)29(44)54-28)45-31(52-16-34-4-1-7-48(34)13-17(37)11-34)46-30(19)47-8-5-33(15-47)6-9-49(33)32(51)53-23(14-50)35(40,41)42/h2-3,10,17,23,50H,1,4-9,11,13-16,44H2/t17-,23?,33?,34+/m1/s1. The Labute approximate surface area is 312 Å². The lowest BCUT2D eigenvalue weighted by molar-refractivity contribution is -0.217. The summed E-state index contributed by atoms with van der Waals surface area (Å²) in [6.07, 6.45) is -7.42. The van der Waals surface area contributed by atoms with Crippen molar-refractivity contribution in [1.82, 2.24) is 19.8 Å². The van der Waals surface area contributed by atoms with Crippen LogP contribution in [-0.2, 0) is 4.74 Å². The molecule has 4 fully saturated rings. The fourth-order valence-corrected chi connectivity index (χ4v) is 9.79. The van der Waals surface area contributed by atoms with E-state index in [0.29, 0.717) is 25.8 Å². The van der Waals surface area contributed by atoms with Gasteiger partial charge in [-0.2, -0.15) is 28.4 Å². The van der Waals surface area contributed by atoms with Crippen molar-refractivity contribution in [3.05, 3.63) is 40.4 Å². The Morgan fingerprint density at radius 3 is 2.69 bits per heavy atom. The minimum absolute atomic E-state index is 0.0213. The number of aromatic nitrogens is 2. The molecule has 8 rings (SSSR count). The van der Waals surface area contributed by atoms with Gasteiger partial charge in [0.15, 0.2) is 5.82 Å². The minimum atomic E-state index is -4.97. The van der Waals surface area contributed by atoms with Gasteiger partial charge in [-0.25, -0.2) is 18.0 Å². The van der Waals surface area contributed by atoms with Gasteiger partial charge in [0.2, 0.25) is 6.10 Å². The second kappa shape index (κ2) is 13.2. The number of halogens is 7. The van der Waals surface area contributed by atoms with E-state index in [1.54, 1.807) is 4.90 Å². The first-order valence-corrected chi connectivity index (χ1v) is 18.4. The molecule has 3 N–H and O–H groups in total. The molecule has 4 aliphatic heterocycles. The number of benzene rings is 2. The molecule has 2 unspecified atom stereocenters. The number of nitrogen functional groups attached to an aromatic ring is 1. The number of anilines is 2. The number of aliphatic hydroxyl groups is 1. The van der Waals surface area contributed by atoms with Crippen molar-refractivity contribution in [1.29, 1.82) is 5.26 Å². The summed E-state index contributed by atoms with van der Waals surface area (Å²) in [4.78, 5) is 27.0. The van der Waals surface area contributed by atoms with E-state index >= 15 is 4.39 Å². The van der Waals surface area contributed by atoms with Crippen molar-refractivity contribution >= 4 is 60.8 Å². The van der Waals surface area contributed by atoms with Crippen LogP contribution in [0.4, 0.5) is 42.0 Å². The third-order valence-electron chi connectivity index (χ3n) is 11.3. The van der Waals surface area contributed by atoms with Crippen LogP contribution in [0.15, 0.2) is 18.2 Å². The second-order valence-corrected chi connectivity index (χ2v) is 15.7. The van der Waals surface area contributed by atoms with Gasteiger partial charge in [-0.3, -0.25) is 4.90 Å². The molecule has 0 aliphatic carbocycles. The van der Waals surface area contributed by atoms with E-state index in [4.69, 9.17) is 22.1 Å². The molecular formula is C35H32ClF6N7O4S. The van der Waals surface area contributed by atoms with Crippen molar-refractivity contribution in [2.45, 2.75) is 61.6 Å². The van der Waals surface area contributed by atoms with Crippen LogP contribution < -0.4 is 15.4 Å². The average molecular weight is 796 g/mol. The second-order valence-electron chi connectivity index (χ2n) is 14.3. The number of amides is 1. The lowest BCUT2D eigenvalue weighted by atomic mass is 9.84. The van der Waals surface area contributed by atoms with E-state index in [2.05, 4.69) is 14.7 Å². The number of ether oxygens (including phenoxy) is 2. The maximum absolute atomic E-state index is 17.1. The van der Waals surface area contributed by atoms with E-state index in [1.807, 2.05) is 11.0 Å². The first kappa shape index (κ1) is 36.7. The maximum atomic E-state index is 17.1. The zero-order chi connectivity index (χ0) is 38.3. The van der Waals surface area contributed by atoms with Crippen molar-refractivity contribution in [2.75, 3.05) is 56.6 Å². The highest BCUT2D eigenvalue weighted by atomic mass is 35.5. The fraction of sp³-hybridized carbons (Fsp3) is 0.486. The first-order valence-electron chi connectivity index (χ1n) is 17.2. The number of nitrogens with two attached hydrogens (primary N) is 1. The summed E-state index contributed by atoms with van der Waals surface area (Å²) in [5, 5.41) is 19.2. The topological polar surface area (TPSA) is 141 Å². The summed E-state index contributed by atoms with van der Waals surface area (Å²) in [5.74, 6) is -1.42. The molecule has 4 aromatic rings. The van der Waals surface area contributed by atoms with Crippen molar-refractivity contribution < 1.29 is 45.7 Å². The Morgan fingerprint density at radius 2 is 1.98 bits per heavy atom. The number of carbonyl (C=O) groups is 1. The number of thiophene rings is 1. The third-order valence-corrected chi connectivity index (χ3v) is 12.6. The monoisotopic (exact) mass is 795 g/mol. The van der Waals surface area contributed by atoms with Gasteiger partial charge in [0.1, 0.15) is 41.0 Å². The molecule has 6 heterocycles. The highest BCUT2D eigenvalue weighted by molar-refractivity contribution is 7.23. The number of nitriles is 1. The average Bonchev–Trinajstić information content (AvgIpc) is 3.88. The molecule has 1 amide bonds. The highest BCUT2D eigenvalue weighted by Crippen LogP contribution is 2.48. The smallest absolute Gasteiger partial charge is 0.427 e. The molecule has 286 valence electrons. The van der Waals surface area contributed by atoms with Crippen molar-refractivity contribution in [2.24, 2.45) is 0 Å². The third kappa shape index (κ3) is 5.82. The van der Waals surface area contributed by atoms with E-state index in [-0.39, 0.29) is 98.7 Å². The Bertz CT molecular complexity index is 2240. The quantitative estimate of drug-likeness (QED) is 0.198. The highest BCUT2D eigenvalue weighted by Gasteiger charge is 2.54. The predicted octanol–water partition coefficient (Wildman–Crippen LogP) is 6.57. The number of alkyl halides is 4. The Balaban J connectivity index is 1.20. The van der Waals surface area contributed by atoms with E-state index in [9.17, 15) is 37.1 Å². The first-order chi connectivity index (χ1) is 25.7. The predicted molar refractivity (Wildman–Crippen MR) is 187 cm³/mol. The summed E-state index contributed by atoms with van der Waals surface area (Å²) in [7, 11) is 0. The minimum Gasteiger partial charge on any atom is -0.461 e. The lowest BCUT2D eigenvalue weighted by Crippen LogP contribution is -2.64. The van der Waals surface area contributed by atoms with Crippen molar-refractivity contribution in [3.63, 3.8) is 0 Å². The maximum Gasteiger partial charge on any atom is 0.427 e. The number of fused-ring (bicyclic) bond motifs is 3. The molecule has 19 heteroatoms. The molecule has 1 spiro atoms. The summed E-state index contributed by atoms with van der Waals surface area (Å²) in [6.45, 7) is -0.0208. The van der Waals surface area contributed by atoms with Gasteiger partial charge in [0.25, 0.3) is 0 Å². The number of rotatable bonds is 7. The van der Waals surface area contributed by atoms with Crippen LogP contribution in [0.5, 0.6) is 6.01 Å². The number of aliphatic hydroxyl groups excluding tert-OH is 1. The molecule has 4 saturated heterocycles. The van der Waals surface area contributed by atoms with Gasteiger partial charge < -0.3 is 30.1 Å². The zero-order valence-corrected chi connectivity index (χ0v) is 29.9. The summed E-state index contributed by atoms with van der Waals surface area (Å²) in [6, 6.07) is 5.60. The van der Waals surface area contributed by atoms with Crippen LogP contribution in [0.3, 0.4) is 0 Å². The fourth-order valence-electron chi connectivity index (χ4n) is 8.55. The Hall–Kier alpha value is -4.31. The number of nitrogens with zero attached hydrogens (tertiary/aromatic N) is 6. The molecule has 0 bridgehead atoms.